The maximum atomic E-state index is 2.49. The van der Waals surface area contributed by atoms with Crippen molar-refractivity contribution < 1.29 is 0 Å². The molecule has 3 fully saturated rings. The van der Waals surface area contributed by atoms with Crippen molar-refractivity contribution in [2.45, 2.75) is 98.8 Å². The maximum absolute atomic E-state index is 2.49. The molecule has 3 rings (SSSR count). The fourth-order valence-corrected chi connectivity index (χ4v) is 5.84. The van der Waals surface area contributed by atoms with E-state index in [1.807, 2.05) is 0 Å². The van der Waals surface area contributed by atoms with E-state index in [0.717, 1.165) is 46.8 Å². The molecule has 0 nitrogen and oxygen atoms in total. The van der Waals surface area contributed by atoms with Crippen LogP contribution in [0.2, 0.25) is 0 Å². The SMILES string of the molecule is CCCCC1CCC1C1CC1(CC)CC1CC1CC(C)C(C)C. The summed E-state index contributed by atoms with van der Waals surface area (Å²) in [6, 6.07) is 0. The summed E-state index contributed by atoms with van der Waals surface area (Å²) in [4.78, 5) is 0. The second-order valence-electron chi connectivity index (χ2n) is 10.1. The minimum atomic E-state index is 0.802. The number of rotatable bonds is 10. The Morgan fingerprint density at radius 3 is 2.35 bits per heavy atom. The Bertz CT molecular complexity index is 383. The molecule has 0 N–H and O–H groups in total. The molecule has 0 amide bonds. The van der Waals surface area contributed by atoms with Gasteiger partial charge in [-0.1, -0.05) is 60.3 Å². The first-order valence-electron chi connectivity index (χ1n) is 11.0. The predicted octanol–water partition coefficient (Wildman–Crippen LogP) is 7.33. The van der Waals surface area contributed by atoms with Crippen LogP contribution >= 0.6 is 0 Å². The van der Waals surface area contributed by atoms with Gasteiger partial charge in [-0.05, 0) is 85.4 Å². The van der Waals surface area contributed by atoms with Crippen LogP contribution < -0.4 is 0 Å². The smallest absolute Gasteiger partial charge is 0.0263 e. The van der Waals surface area contributed by atoms with Crippen LogP contribution in [0.3, 0.4) is 0 Å². The summed E-state index contributed by atoms with van der Waals surface area (Å²) >= 11 is 0. The molecule has 23 heavy (non-hydrogen) atoms. The Morgan fingerprint density at radius 2 is 1.78 bits per heavy atom. The van der Waals surface area contributed by atoms with Crippen molar-refractivity contribution >= 4 is 0 Å². The second-order valence-corrected chi connectivity index (χ2v) is 10.1. The van der Waals surface area contributed by atoms with Crippen molar-refractivity contribution in [1.29, 1.82) is 0 Å². The zero-order valence-electron chi connectivity index (χ0n) is 16.6. The lowest BCUT2D eigenvalue weighted by atomic mass is 9.66. The Balaban J connectivity index is 1.45. The molecule has 0 spiro atoms. The largest absolute Gasteiger partial charge is 0.0654 e. The van der Waals surface area contributed by atoms with Crippen LogP contribution in [-0.2, 0) is 0 Å². The average molecular weight is 319 g/mol. The Hall–Kier alpha value is 0. The van der Waals surface area contributed by atoms with E-state index in [9.17, 15) is 0 Å². The molecular formula is C23H42. The molecule has 7 unspecified atom stereocenters. The van der Waals surface area contributed by atoms with Gasteiger partial charge in [-0.3, -0.25) is 0 Å². The molecule has 3 saturated carbocycles. The van der Waals surface area contributed by atoms with Crippen LogP contribution in [0, 0.1) is 46.8 Å². The highest BCUT2D eigenvalue weighted by Gasteiger charge is 2.60. The van der Waals surface area contributed by atoms with Gasteiger partial charge in [-0.2, -0.15) is 0 Å². The van der Waals surface area contributed by atoms with Crippen LogP contribution in [0.4, 0.5) is 0 Å². The Morgan fingerprint density at radius 1 is 1.00 bits per heavy atom. The fourth-order valence-electron chi connectivity index (χ4n) is 5.84. The van der Waals surface area contributed by atoms with Crippen molar-refractivity contribution in [1.82, 2.24) is 0 Å². The summed E-state index contributed by atoms with van der Waals surface area (Å²) in [5.74, 6) is 7.39. The molecule has 0 saturated heterocycles. The van der Waals surface area contributed by atoms with Gasteiger partial charge in [0.15, 0.2) is 0 Å². The first-order chi connectivity index (χ1) is 11.0. The van der Waals surface area contributed by atoms with E-state index in [4.69, 9.17) is 0 Å². The third-order valence-corrected chi connectivity index (χ3v) is 8.43. The normalized spacial score (nSPS) is 43.3. The van der Waals surface area contributed by atoms with E-state index < -0.39 is 0 Å². The van der Waals surface area contributed by atoms with E-state index in [-0.39, 0.29) is 0 Å². The van der Waals surface area contributed by atoms with Crippen LogP contribution in [-0.4, -0.2) is 0 Å². The summed E-state index contributed by atoms with van der Waals surface area (Å²) in [5.41, 5.74) is 0.802. The molecular weight excluding hydrogens is 276 g/mol. The van der Waals surface area contributed by atoms with Crippen molar-refractivity contribution in [3.8, 4) is 0 Å². The average Bonchev–Trinajstić information content (AvgIpc) is 3.38. The molecule has 134 valence electrons. The number of unbranched alkanes of at least 4 members (excludes halogenated alkanes) is 1. The van der Waals surface area contributed by atoms with Crippen LogP contribution in [0.25, 0.3) is 0 Å². The highest BCUT2D eigenvalue weighted by atomic mass is 14.7. The second kappa shape index (κ2) is 7.09. The molecule has 7 atom stereocenters. The summed E-state index contributed by atoms with van der Waals surface area (Å²) < 4.78 is 0. The number of hydrogen-bond acceptors (Lipinski definition) is 0. The maximum Gasteiger partial charge on any atom is -0.0263 e. The van der Waals surface area contributed by atoms with Gasteiger partial charge in [0.05, 0.1) is 0 Å². The zero-order chi connectivity index (χ0) is 16.6. The first kappa shape index (κ1) is 17.8. The van der Waals surface area contributed by atoms with E-state index in [1.54, 1.807) is 32.1 Å². The highest BCUT2D eigenvalue weighted by Crippen LogP contribution is 2.69. The minimum Gasteiger partial charge on any atom is -0.0654 e. The van der Waals surface area contributed by atoms with Gasteiger partial charge in [0.25, 0.3) is 0 Å². The van der Waals surface area contributed by atoms with Crippen molar-refractivity contribution in [2.75, 3.05) is 0 Å². The molecule has 0 aliphatic heterocycles. The van der Waals surface area contributed by atoms with Crippen LogP contribution in [0.1, 0.15) is 98.8 Å². The van der Waals surface area contributed by atoms with Crippen molar-refractivity contribution in [3.05, 3.63) is 0 Å². The zero-order valence-corrected chi connectivity index (χ0v) is 16.6. The monoisotopic (exact) mass is 318 g/mol. The first-order valence-corrected chi connectivity index (χ1v) is 11.0. The van der Waals surface area contributed by atoms with Crippen LogP contribution in [0.15, 0.2) is 0 Å². The molecule has 0 heteroatoms. The highest BCUT2D eigenvalue weighted by molar-refractivity contribution is 5.10. The molecule has 3 aliphatic carbocycles. The summed E-state index contributed by atoms with van der Waals surface area (Å²) in [6.07, 6.45) is 15.3. The molecule has 0 heterocycles. The van der Waals surface area contributed by atoms with Crippen LogP contribution in [0.5, 0.6) is 0 Å². The van der Waals surface area contributed by atoms with Gasteiger partial charge in [-0.15, -0.1) is 0 Å². The molecule has 0 radical (unpaired) electrons. The van der Waals surface area contributed by atoms with Crippen molar-refractivity contribution in [3.63, 3.8) is 0 Å². The molecule has 0 aromatic heterocycles. The topological polar surface area (TPSA) is 0 Å². The van der Waals surface area contributed by atoms with Gasteiger partial charge in [0.2, 0.25) is 0 Å². The fraction of sp³-hybridized carbons (Fsp3) is 1.00. The predicted molar refractivity (Wildman–Crippen MR) is 101 cm³/mol. The summed E-state index contributed by atoms with van der Waals surface area (Å²) in [7, 11) is 0. The van der Waals surface area contributed by atoms with E-state index in [1.165, 1.54) is 32.1 Å². The third-order valence-electron chi connectivity index (χ3n) is 8.43. The lowest BCUT2D eigenvalue weighted by Gasteiger charge is -2.39. The third kappa shape index (κ3) is 3.82. The van der Waals surface area contributed by atoms with Gasteiger partial charge in [-0.25, -0.2) is 0 Å². The molecule has 0 aromatic carbocycles. The minimum absolute atomic E-state index is 0.802. The van der Waals surface area contributed by atoms with Gasteiger partial charge >= 0.3 is 0 Å². The Kier molecular flexibility index (Phi) is 5.49. The van der Waals surface area contributed by atoms with Crippen molar-refractivity contribution in [2.24, 2.45) is 46.8 Å². The van der Waals surface area contributed by atoms with E-state index >= 15 is 0 Å². The quantitative estimate of drug-likeness (QED) is 0.395. The number of hydrogen-bond donors (Lipinski definition) is 0. The molecule has 3 aliphatic rings. The van der Waals surface area contributed by atoms with Gasteiger partial charge in [0, 0.05) is 0 Å². The lowest BCUT2D eigenvalue weighted by molar-refractivity contribution is 0.112. The summed E-state index contributed by atoms with van der Waals surface area (Å²) in [5, 5.41) is 0. The standard InChI is InChI=1S/C23H42/c1-6-8-9-18-10-11-21(18)22-15-23(22,7-2)14-20-13-19(20)12-17(5)16(3)4/h16-22H,6-15H2,1-5H3. The summed E-state index contributed by atoms with van der Waals surface area (Å²) in [6.45, 7) is 12.1. The molecule has 0 aromatic rings. The lowest BCUT2D eigenvalue weighted by Crippen LogP contribution is -2.29. The van der Waals surface area contributed by atoms with Gasteiger partial charge in [0.1, 0.15) is 0 Å². The van der Waals surface area contributed by atoms with E-state index in [0.29, 0.717) is 0 Å². The van der Waals surface area contributed by atoms with Gasteiger partial charge < -0.3 is 0 Å². The molecule has 0 bridgehead atoms. The Labute approximate surface area is 146 Å². The van der Waals surface area contributed by atoms with E-state index in [2.05, 4.69) is 34.6 Å².